The second kappa shape index (κ2) is 14.3. The number of pyridine rings is 1. The van der Waals surface area contributed by atoms with Crippen LogP contribution in [0.25, 0.3) is 6.08 Å². The van der Waals surface area contributed by atoms with Gasteiger partial charge in [0.2, 0.25) is 5.91 Å². The summed E-state index contributed by atoms with van der Waals surface area (Å²) in [5, 5.41) is 8.35. The maximum absolute atomic E-state index is 13.4. The van der Waals surface area contributed by atoms with Crippen molar-refractivity contribution in [3.05, 3.63) is 114 Å². The summed E-state index contributed by atoms with van der Waals surface area (Å²) in [6.45, 7) is 0. The second-order valence-corrected chi connectivity index (χ2v) is 9.59. The number of aromatic nitrogens is 1. The van der Waals surface area contributed by atoms with E-state index < -0.39 is 11.8 Å². The van der Waals surface area contributed by atoms with E-state index in [1.54, 1.807) is 111 Å². The highest BCUT2D eigenvalue weighted by Crippen LogP contribution is 2.27. The van der Waals surface area contributed by atoms with Gasteiger partial charge in [0.05, 0.1) is 20.0 Å². The Bertz CT molecular complexity index is 1530. The third-order valence-corrected chi connectivity index (χ3v) is 6.73. The molecule has 3 N–H and O–H groups in total. The molecule has 0 bridgehead atoms. The summed E-state index contributed by atoms with van der Waals surface area (Å²) >= 11 is 1.36. The van der Waals surface area contributed by atoms with Crippen LogP contribution in [0.4, 0.5) is 11.4 Å². The standard InChI is InChI=1S/C31H28N4O5S/c1-39-25-11-8-22(28(19-25)40-2)18-27(35-30(37)21-6-4-3-5-7-21)31(38)34-23-9-12-26(13-10-23)41-20-29(36)33-24-14-16-32-17-15-24/h3-19H,20H2,1-2H3,(H,34,38)(H,35,37)(H,32,33,36)/b27-18-. The van der Waals surface area contributed by atoms with Gasteiger partial charge in [0.25, 0.3) is 11.8 Å². The fourth-order valence-corrected chi connectivity index (χ4v) is 4.35. The Hall–Kier alpha value is -5.09. The summed E-state index contributed by atoms with van der Waals surface area (Å²) in [5.41, 5.74) is 2.20. The summed E-state index contributed by atoms with van der Waals surface area (Å²) < 4.78 is 10.7. The van der Waals surface area contributed by atoms with Crippen molar-refractivity contribution in [2.75, 3.05) is 30.6 Å². The van der Waals surface area contributed by atoms with Crippen molar-refractivity contribution in [1.29, 1.82) is 0 Å². The molecule has 0 aliphatic carbocycles. The van der Waals surface area contributed by atoms with Crippen molar-refractivity contribution in [1.82, 2.24) is 10.3 Å². The van der Waals surface area contributed by atoms with Gasteiger partial charge in [-0.1, -0.05) is 18.2 Å². The van der Waals surface area contributed by atoms with E-state index in [4.69, 9.17) is 9.47 Å². The van der Waals surface area contributed by atoms with Crippen LogP contribution in [0, 0.1) is 0 Å². The van der Waals surface area contributed by atoms with Crippen LogP contribution in [-0.2, 0) is 9.59 Å². The monoisotopic (exact) mass is 568 g/mol. The zero-order valence-electron chi connectivity index (χ0n) is 22.4. The largest absolute Gasteiger partial charge is 0.497 e. The number of hydrogen-bond donors (Lipinski definition) is 3. The van der Waals surface area contributed by atoms with Gasteiger partial charge in [-0.2, -0.15) is 0 Å². The average molecular weight is 569 g/mol. The molecular weight excluding hydrogens is 540 g/mol. The number of hydrogen-bond acceptors (Lipinski definition) is 7. The zero-order chi connectivity index (χ0) is 29.0. The number of carbonyl (C=O) groups is 3. The van der Waals surface area contributed by atoms with E-state index in [-0.39, 0.29) is 17.4 Å². The molecule has 3 aromatic carbocycles. The number of methoxy groups -OCH3 is 2. The van der Waals surface area contributed by atoms with E-state index in [9.17, 15) is 14.4 Å². The molecule has 208 valence electrons. The fourth-order valence-electron chi connectivity index (χ4n) is 3.65. The lowest BCUT2D eigenvalue weighted by atomic mass is 10.1. The molecule has 0 fully saturated rings. The lowest BCUT2D eigenvalue weighted by molar-refractivity contribution is -0.114. The molecule has 0 radical (unpaired) electrons. The molecule has 0 atom stereocenters. The molecule has 41 heavy (non-hydrogen) atoms. The molecular formula is C31H28N4O5S. The van der Waals surface area contributed by atoms with Crippen molar-refractivity contribution in [3.63, 3.8) is 0 Å². The molecule has 1 heterocycles. The number of amides is 3. The van der Waals surface area contributed by atoms with E-state index in [1.165, 1.54) is 18.9 Å². The Kier molecular flexibility index (Phi) is 10.1. The van der Waals surface area contributed by atoms with Crippen LogP contribution in [0.15, 0.2) is 108 Å². The minimum Gasteiger partial charge on any atom is -0.497 e. The third-order valence-electron chi connectivity index (χ3n) is 5.72. The average Bonchev–Trinajstić information content (AvgIpc) is 3.01. The van der Waals surface area contributed by atoms with Crippen molar-refractivity contribution in [2.24, 2.45) is 0 Å². The van der Waals surface area contributed by atoms with E-state index in [0.29, 0.717) is 34.0 Å². The summed E-state index contributed by atoms with van der Waals surface area (Å²) in [6.07, 6.45) is 4.76. The van der Waals surface area contributed by atoms with Gasteiger partial charge < -0.3 is 25.4 Å². The molecule has 0 saturated heterocycles. The molecule has 0 unspecified atom stereocenters. The maximum atomic E-state index is 13.4. The summed E-state index contributed by atoms with van der Waals surface area (Å²) in [6, 6.07) is 24.3. The Labute approximate surface area is 242 Å². The number of anilines is 2. The zero-order valence-corrected chi connectivity index (χ0v) is 23.2. The molecule has 0 spiro atoms. The minimum absolute atomic E-state index is 0.0218. The number of thioether (sulfide) groups is 1. The first-order valence-corrected chi connectivity index (χ1v) is 13.5. The number of rotatable bonds is 11. The first-order chi connectivity index (χ1) is 19.9. The van der Waals surface area contributed by atoms with Crippen LogP contribution in [0.1, 0.15) is 15.9 Å². The molecule has 9 nitrogen and oxygen atoms in total. The molecule has 4 aromatic rings. The van der Waals surface area contributed by atoms with Crippen LogP contribution in [-0.4, -0.2) is 42.7 Å². The second-order valence-electron chi connectivity index (χ2n) is 8.54. The van der Waals surface area contributed by atoms with Gasteiger partial charge in [0, 0.05) is 45.9 Å². The number of nitrogens with zero attached hydrogens (tertiary/aromatic N) is 1. The van der Waals surface area contributed by atoms with Gasteiger partial charge in [0.15, 0.2) is 0 Å². The quantitative estimate of drug-likeness (QED) is 0.167. The van der Waals surface area contributed by atoms with Gasteiger partial charge in [-0.3, -0.25) is 19.4 Å². The van der Waals surface area contributed by atoms with Gasteiger partial charge >= 0.3 is 0 Å². The van der Waals surface area contributed by atoms with E-state index in [1.807, 2.05) is 0 Å². The summed E-state index contributed by atoms with van der Waals surface area (Å²) in [5.74, 6) is 0.178. The first kappa shape index (κ1) is 28.9. The maximum Gasteiger partial charge on any atom is 0.272 e. The van der Waals surface area contributed by atoms with Crippen molar-refractivity contribution < 1.29 is 23.9 Å². The number of nitrogens with one attached hydrogen (secondary N) is 3. The predicted molar refractivity (Wildman–Crippen MR) is 160 cm³/mol. The topological polar surface area (TPSA) is 119 Å². The lowest BCUT2D eigenvalue weighted by Crippen LogP contribution is -2.30. The molecule has 10 heteroatoms. The Morgan fingerprint density at radius 2 is 1.54 bits per heavy atom. The Balaban J connectivity index is 1.47. The van der Waals surface area contributed by atoms with Gasteiger partial charge in [0.1, 0.15) is 17.2 Å². The number of carbonyl (C=O) groups excluding carboxylic acids is 3. The smallest absolute Gasteiger partial charge is 0.272 e. The van der Waals surface area contributed by atoms with Crippen molar-refractivity contribution >= 4 is 46.9 Å². The molecule has 0 aliphatic heterocycles. The third kappa shape index (κ3) is 8.45. The molecule has 0 saturated carbocycles. The van der Waals surface area contributed by atoms with E-state index in [0.717, 1.165) is 4.90 Å². The fraction of sp³-hybridized carbons (Fsp3) is 0.0968. The normalized spacial score (nSPS) is 10.8. The predicted octanol–water partition coefficient (Wildman–Crippen LogP) is 5.24. The van der Waals surface area contributed by atoms with Gasteiger partial charge in [-0.15, -0.1) is 11.8 Å². The number of benzene rings is 3. The van der Waals surface area contributed by atoms with E-state index >= 15 is 0 Å². The SMILES string of the molecule is COc1ccc(/C=C(\NC(=O)c2ccccc2)C(=O)Nc2ccc(SCC(=O)Nc3ccncc3)cc2)c(OC)c1. The van der Waals surface area contributed by atoms with Crippen LogP contribution in [0.2, 0.25) is 0 Å². The summed E-state index contributed by atoms with van der Waals surface area (Å²) in [7, 11) is 3.06. The minimum atomic E-state index is -0.524. The van der Waals surface area contributed by atoms with Gasteiger partial charge in [-0.25, -0.2) is 0 Å². The molecule has 3 amide bonds. The van der Waals surface area contributed by atoms with Crippen molar-refractivity contribution in [3.8, 4) is 11.5 Å². The van der Waals surface area contributed by atoms with Gasteiger partial charge in [-0.05, 0) is 66.7 Å². The Morgan fingerprint density at radius 3 is 2.22 bits per heavy atom. The lowest BCUT2D eigenvalue weighted by Gasteiger charge is -2.13. The van der Waals surface area contributed by atoms with Crippen molar-refractivity contribution in [2.45, 2.75) is 4.90 Å². The molecule has 4 rings (SSSR count). The van der Waals surface area contributed by atoms with E-state index in [2.05, 4.69) is 20.9 Å². The highest BCUT2D eigenvalue weighted by atomic mass is 32.2. The highest BCUT2D eigenvalue weighted by Gasteiger charge is 2.16. The highest BCUT2D eigenvalue weighted by molar-refractivity contribution is 8.00. The summed E-state index contributed by atoms with van der Waals surface area (Å²) in [4.78, 5) is 43.3. The molecule has 0 aliphatic rings. The number of ether oxygens (including phenoxy) is 2. The van der Waals surface area contributed by atoms with Crippen LogP contribution >= 0.6 is 11.8 Å². The van der Waals surface area contributed by atoms with Crippen LogP contribution < -0.4 is 25.4 Å². The Morgan fingerprint density at radius 1 is 0.829 bits per heavy atom. The van der Waals surface area contributed by atoms with Crippen LogP contribution in [0.3, 0.4) is 0 Å². The molecule has 1 aromatic heterocycles. The van der Waals surface area contributed by atoms with Crippen LogP contribution in [0.5, 0.6) is 11.5 Å². The first-order valence-electron chi connectivity index (χ1n) is 12.5.